The van der Waals surface area contributed by atoms with E-state index >= 15 is 0 Å². The quantitative estimate of drug-likeness (QED) is 0.230. The molecule has 1 aromatic heterocycles. The van der Waals surface area contributed by atoms with Crippen molar-refractivity contribution in [2.45, 2.75) is 0 Å². The van der Waals surface area contributed by atoms with Crippen LogP contribution in [-0.4, -0.2) is 17.0 Å². The van der Waals surface area contributed by atoms with Gasteiger partial charge in [0.1, 0.15) is 6.33 Å². The number of hydrogen-bond acceptors (Lipinski definition) is 4. The smallest absolute Gasteiger partial charge is 0.360 e. The number of fused-ring (bicyclic) bond motifs is 1. The molecule has 0 atom stereocenters. The van der Waals surface area contributed by atoms with Crippen LogP contribution in [0.1, 0.15) is 0 Å². The largest absolute Gasteiger partial charge is 0.420 e. The van der Waals surface area contributed by atoms with Crippen molar-refractivity contribution in [2.75, 3.05) is 9.62 Å². The van der Waals surface area contributed by atoms with Crippen molar-refractivity contribution in [1.82, 2.24) is 9.97 Å². The normalized spacial score (nSPS) is 12.5. The van der Waals surface area contributed by atoms with Crippen LogP contribution in [0.25, 0.3) is 22.3 Å². The van der Waals surface area contributed by atoms with Gasteiger partial charge in [0.25, 0.3) is 0 Å². The molecule has 0 saturated carbocycles. The Morgan fingerprint density at radius 2 is 0.974 bits per heavy atom. The van der Waals surface area contributed by atoms with Gasteiger partial charge >= 0.3 is 6.98 Å². The van der Waals surface area contributed by atoms with Gasteiger partial charge in [0, 0.05) is 29.3 Å². The van der Waals surface area contributed by atoms with Gasteiger partial charge in [-0.15, -0.1) is 0 Å². The van der Waals surface area contributed by atoms with E-state index in [1.807, 2.05) is 12.4 Å². The molecule has 0 bridgehead atoms. The van der Waals surface area contributed by atoms with Crippen LogP contribution in [0.2, 0.25) is 0 Å². The Morgan fingerprint density at radius 3 is 1.67 bits per heavy atom. The molecular weight excluding hydrogens is 475 g/mol. The first-order valence-electron chi connectivity index (χ1n) is 13.1. The maximum Gasteiger partial charge on any atom is 0.420 e. The van der Waals surface area contributed by atoms with Gasteiger partial charge in [0.15, 0.2) is 0 Å². The molecule has 0 N–H and O–H groups in total. The second-order valence-electron chi connectivity index (χ2n) is 9.60. The highest BCUT2D eigenvalue weighted by Crippen LogP contribution is 2.47. The molecule has 0 unspecified atom stereocenters. The highest BCUT2D eigenvalue weighted by molar-refractivity contribution is 6.84. The summed E-state index contributed by atoms with van der Waals surface area (Å²) in [6.45, 7) is -0.0551. The maximum atomic E-state index is 4.19. The number of rotatable bonds is 5. The van der Waals surface area contributed by atoms with Gasteiger partial charge in [-0.3, -0.25) is 0 Å². The molecule has 39 heavy (non-hydrogen) atoms. The van der Waals surface area contributed by atoms with Crippen molar-refractivity contribution in [1.29, 1.82) is 0 Å². The average molecular weight is 500 g/mol. The van der Waals surface area contributed by atoms with E-state index in [4.69, 9.17) is 0 Å². The number of aromatic nitrogens is 2. The second-order valence-corrected chi connectivity index (χ2v) is 9.60. The van der Waals surface area contributed by atoms with Gasteiger partial charge in [-0.25, -0.2) is 9.97 Å². The standard InChI is InChI=1S/C34H25BN4/c1-4-10-26(11-5-1)28-18-21-33-34(22-28)39(31-14-8-3-9-15-31)35(30-12-6-2-7-13-30)38(33)32-19-16-27(17-20-32)29-23-36-25-37-24-29/h1-25H. The van der Waals surface area contributed by atoms with Crippen LogP contribution >= 0.6 is 0 Å². The summed E-state index contributed by atoms with van der Waals surface area (Å²) in [5.41, 5.74) is 10.3. The molecule has 1 aliphatic rings. The molecule has 4 nitrogen and oxygen atoms in total. The SMILES string of the molecule is c1ccc(B2N(c3ccc(-c4cncnc4)cc3)c3ccc(-c4ccccc4)cc3N2c2ccccc2)cc1. The van der Waals surface area contributed by atoms with E-state index in [-0.39, 0.29) is 6.98 Å². The predicted molar refractivity (Wildman–Crippen MR) is 162 cm³/mol. The first-order chi connectivity index (χ1) is 19.4. The van der Waals surface area contributed by atoms with E-state index in [9.17, 15) is 0 Å². The molecule has 7 rings (SSSR count). The monoisotopic (exact) mass is 500 g/mol. The zero-order valence-corrected chi connectivity index (χ0v) is 21.3. The lowest BCUT2D eigenvalue weighted by atomic mass is 9.64. The number of benzene rings is 5. The summed E-state index contributed by atoms with van der Waals surface area (Å²) in [5.74, 6) is 0. The van der Waals surface area contributed by atoms with Crippen LogP contribution in [-0.2, 0) is 0 Å². The third-order valence-electron chi connectivity index (χ3n) is 7.26. The van der Waals surface area contributed by atoms with Crippen LogP contribution in [0.4, 0.5) is 22.7 Å². The minimum Gasteiger partial charge on any atom is -0.360 e. The minimum atomic E-state index is -0.0551. The Hall–Kier alpha value is -5.16. The molecule has 0 radical (unpaired) electrons. The lowest BCUT2D eigenvalue weighted by molar-refractivity contribution is 1.17. The van der Waals surface area contributed by atoms with Crippen molar-refractivity contribution in [3.8, 4) is 22.3 Å². The van der Waals surface area contributed by atoms with Crippen molar-refractivity contribution >= 4 is 35.2 Å². The van der Waals surface area contributed by atoms with Crippen LogP contribution in [0.3, 0.4) is 0 Å². The van der Waals surface area contributed by atoms with E-state index < -0.39 is 0 Å². The minimum absolute atomic E-state index is 0.0551. The van der Waals surface area contributed by atoms with E-state index in [1.54, 1.807) is 6.33 Å². The molecule has 0 amide bonds. The van der Waals surface area contributed by atoms with E-state index in [0.717, 1.165) is 22.5 Å². The number of para-hydroxylation sites is 1. The lowest BCUT2D eigenvalue weighted by Crippen LogP contribution is -2.53. The number of nitrogens with zero attached hydrogens (tertiary/aromatic N) is 4. The summed E-state index contributed by atoms with van der Waals surface area (Å²) in [5, 5.41) is 0. The van der Waals surface area contributed by atoms with Gasteiger partial charge in [0.2, 0.25) is 0 Å². The topological polar surface area (TPSA) is 32.3 Å². The molecule has 2 heterocycles. The fourth-order valence-corrected chi connectivity index (χ4v) is 5.44. The zero-order chi connectivity index (χ0) is 26.0. The van der Waals surface area contributed by atoms with Gasteiger partial charge in [-0.2, -0.15) is 0 Å². The van der Waals surface area contributed by atoms with Gasteiger partial charge in [-0.05, 0) is 58.6 Å². The predicted octanol–water partition coefficient (Wildman–Crippen LogP) is 7.50. The zero-order valence-electron chi connectivity index (χ0n) is 21.3. The first kappa shape index (κ1) is 23.0. The van der Waals surface area contributed by atoms with Crippen LogP contribution in [0.15, 0.2) is 152 Å². The molecule has 5 aromatic carbocycles. The summed E-state index contributed by atoms with van der Waals surface area (Å²) < 4.78 is 0. The summed E-state index contributed by atoms with van der Waals surface area (Å²) in [6, 6.07) is 47.5. The molecule has 5 heteroatoms. The van der Waals surface area contributed by atoms with E-state index in [2.05, 4.69) is 153 Å². The van der Waals surface area contributed by atoms with Crippen molar-refractivity contribution in [3.05, 3.63) is 152 Å². The van der Waals surface area contributed by atoms with E-state index in [0.29, 0.717) is 0 Å². The van der Waals surface area contributed by atoms with Gasteiger partial charge in [0.05, 0.1) is 11.4 Å². The van der Waals surface area contributed by atoms with Crippen molar-refractivity contribution in [3.63, 3.8) is 0 Å². The average Bonchev–Trinajstić information content (AvgIpc) is 3.37. The Kier molecular flexibility index (Phi) is 5.87. The molecule has 0 aliphatic carbocycles. The Morgan fingerprint density at radius 1 is 0.436 bits per heavy atom. The maximum absolute atomic E-state index is 4.19. The molecule has 6 aromatic rings. The fourth-order valence-electron chi connectivity index (χ4n) is 5.44. The molecule has 0 saturated heterocycles. The van der Waals surface area contributed by atoms with Gasteiger partial charge < -0.3 is 9.62 Å². The van der Waals surface area contributed by atoms with Crippen LogP contribution in [0, 0.1) is 0 Å². The Labute approximate surface area is 229 Å². The highest BCUT2D eigenvalue weighted by Gasteiger charge is 2.43. The van der Waals surface area contributed by atoms with Gasteiger partial charge in [-0.1, -0.05) is 97.1 Å². The Bertz CT molecular complexity index is 1690. The number of anilines is 4. The first-order valence-corrected chi connectivity index (χ1v) is 13.1. The Balaban J connectivity index is 1.42. The molecule has 0 fully saturated rings. The lowest BCUT2D eigenvalue weighted by Gasteiger charge is -2.30. The van der Waals surface area contributed by atoms with E-state index in [1.165, 1.54) is 28.0 Å². The summed E-state index contributed by atoms with van der Waals surface area (Å²) in [7, 11) is 0. The number of hydrogen-bond donors (Lipinski definition) is 0. The van der Waals surface area contributed by atoms with Crippen LogP contribution < -0.4 is 15.1 Å². The molecule has 0 spiro atoms. The summed E-state index contributed by atoms with van der Waals surface area (Å²) >= 11 is 0. The highest BCUT2D eigenvalue weighted by atomic mass is 15.3. The fraction of sp³-hybridized carbons (Fsp3) is 0. The van der Waals surface area contributed by atoms with Crippen LogP contribution in [0.5, 0.6) is 0 Å². The summed E-state index contributed by atoms with van der Waals surface area (Å²) in [6.07, 6.45) is 5.26. The molecule has 184 valence electrons. The van der Waals surface area contributed by atoms with Crippen molar-refractivity contribution in [2.24, 2.45) is 0 Å². The third kappa shape index (κ3) is 4.24. The van der Waals surface area contributed by atoms with Crippen molar-refractivity contribution < 1.29 is 0 Å². The second kappa shape index (κ2) is 9.95. The summed E-state index contributed by atoms with van der Waals surface area (Å²) in [4.78, 5) is 13.3. The molecular formula is C34H25BN4. The third-order valence-corrected chi connectivity index (χ3v) is 7.26. The molecule has 1 aliphatic heterocycles.